The molecule has 3 heterocycles. The van der Waals surface area contributed by atoms with Gasteiger partial charge in [-0.05, 0) is 37.1 Å². The highest BCUT2D eigenvalue weighted by Gasteiger charge is 2.18. The third-order valence-corrected chi connectivity index (χ3v) is 4.87. The van der Waals surface area contributed by atoms with E-state index >= 15 is 0 Å². The van der Waals surface area contributed by atoms with E-state index in [0.717, 1.165) is 45.2 Å². The largest absolute Gasteiger partial charge is 0.265 e. The van der Waals surface area contributed by atoms with Crippen LogP contribution in [0.5, 0.6) is 0 Å². The van der Waals surface area contributed by atoms with E-state index in [2.05, 4.69) is 17.1 Å². The minimum absolute atomic E-state index is 0.760. The van der Waals surface area contributed by atoms with E-state index in [1.807, 2.05) is 48.7 Å². The Morgan fingerprint density at radius 3 is 2.40 bits per heavy atom. The van der Waals surface area contributed by atoms with Crippen molar-refractivity contribution in [1.29, 1.82) is 0 Å². The monoisotopic (exact) mass is 346 g/mol. The second-order valence-corrected chi connectivity index (χ2v) is 6.52. The summed E-state index contributed by atoms with van der Waals surface area (Å²) in [6.07, 6.45) is 4.37. The van der Waals surface area contributed by atoms with E-state index in [1.54, 1.807) is 12.4 Å². The summed E-state index contributed by atoms with van der Waals surface area (Å²) in [6.45, 7) is 4.05. The molecule has 0 saturated heterocycles. The molecule has 5 heteroatoms. The fourth-order valence-corrected chi connectivity index (χ4v) is 3.52. The molecule has 0 fully saturated rings. The molecule has 0 unspecified atom stereocenters. The van der Waals surface area contributed by atoms with Gasteiger partial charge in [0.15, 0.2) is 5.65 Å². The molecule has 0 spiro atoms. The normalized spacial score (nSPS) is 11.2. The standard InChI is InChI=1S/C20H18N4S/c1-13-17(12-15-8-10-21-11-9-15)20(25)24-19(22-13)18(14(2)23-24)16-6-4-3-5-7-16/h3-11,25H,12H2,1-2H3. The molecule has 25 heavy (non-hydrogen) atoms. The first kappa shape index (κ1) is 15.8. The van der Waals surface area contributed by atoms with Crippen molar-refractivity contribution in [3.8, 4) is 11.1 Å². The zero-order valence-corrected chi connectivity index (χ0v) is 15.0. The molecular weight excluding hydrogens is 328 g/mol. The predicted molar refractivity (Wildman–Crippen MR) is 102 cm³/mol. The van der Waals surface area contributed by atoms with Crippen LogP contribution in [0.3, 0.4) is 0 Å². The van der Waals surface area contributed by atoms with Gasteiger partial charge in [0, 0.05) is 35.6 Å². The molecule has 4 nitrogen and oxygen atoms in total. The van der Waals surface area contributed by atoms with E-state index in [1.165, 1.54) is 5.56 Å². The number of rotatable bonds is 3. The van der Waals surface area contributed by atoms with Crippen LogP contribution in [0, 0.1) is 13.8 Å². The summed E-state index contributed by atoms with van der Waals surface area (Å²) in [4.78, 5) is 8.94. The van der Waals surface area contributed by atoms with Gasteiger partial charge in [-0.25, -0.2) is 9.50 Å². The second-order valence-electron chi connectivity index (χ2n) is 6.09. The van der Waals surface area contributed by atoms with E-state index in [0.29, 0.717) is 0 Å². The quantitative estimate of drug-likeness (QED) is 0.444. The molecule has 0 aliphatic rings. The van der Waals surface area contributed by atoms with Crippen LogP contribution < -0.4 is 0 Å². The van der Waals surface area contributed by atoms with Gasteiger partial charge in [0.25, 0.3) is 0 Å². The molecule has 4 aromatic rings. The van der Waals surface area contributed by atoms with Crippen molar-refractivity contribution < 1.29 is 0 Å². The number of thiol groups is 1. The van der Waals surface area contributed by atoms with Crippen molar-refractivity contribution in [3.63, 3.8) is 0 Å². The maximum Gasteiger partial charge on any atom is 0.164 e. The Bertz CT molecular complexity index is 1040. The lowest BCUT2D eigenvalue weighted by molar-refractivity contribution is 0.795. The van der Waals surface area contributed by atoms with Crippen molar-refractivity contribution in [3.05, 3.63) is 77.4 Å². The molecule has 0 aliphatic carbocycles. The highest BCUT2D eigenvalue weighted by atomic mass is 32.1. The number of hydrogen-bond acceptors (Lipinski definition) is 4. The van der Waals surface area contributed by atoms with Gasteiger partial charge >= 0.3 is 0 Å². The van der Waals surface area contributed by atoms with Gasteiger partial charge in [-0.15, -0.1) is 12.6 Å². The Morgan fingerprint density at radius 1 is 0.960 bits per heavy atom. The van der Waals surface area contributed by atoms with Crippen LogP contribution in [0.15, 0.2) is 59.9 Å². The van der Waals surface area contributed by atoms with Crippen LogP contribution in [0.25, 0.3) is 16.8 Å². The van der Waals surface area contributed by atoms with Crippen LogP contribution in [-0.2, 0) is 6.42 Å². The van der Waals surface area contributed by atoms with E-state index in [-0.39, 0.29) is 0 Å². The summed E-state index contributed by atoms with van der Waals surface area (Å²) in [7, 11) is 0. The van der Waals surface area contributed by atoms with Gasteiger partial charge in [-0.3, -0.25) is 4.98 Å². The van der Waals surface area contributed by atoms with E-state index in [4.69, 9.17) is 22.7 Å². The van der Waals surface area contributed by atoms with Gasteiger partial charge in [-0.1, -0.05) is 30.3 Å². The van der Waals surface area contributed by atoms with E-state index < -0.39 is 0 Å². The summed E-state index contributed by atoms with van der Waals surface area (Å²) in [5, 5.41) is 5.54. The first-order valence-corrected chi connectivity index (χ1v) is 8.62. The smallest absolute Gasteiger partial charge is 0.164 e. The lowest BCUT2D eigenvalue weighted by Crippen LogP contribution is -2.04. The van der Waals surface area contributed by atoms with Crippen molar-refractivity contribution in [2.45, 2.75) is 25.3 Å². The Balaban J connectivity index is 1.90. The number of aromatic nitrogens is 4. The molecule has 1 aromatic carbocycles. The summed E-state index contributed by atoms with van der Waals surface area (Å²) in [5.41, 5.74) is 7.24. The molecule has 124 valence electrons. The zero-order valence-electron chi connectivity index (χ0n) is 14.1. The molecule has 0 atom stereocenters. The average molecular weight is 346 g/mol. The summed E-state index contributed by atoms with van der Waals surface area (Å²) in [5.74, 6) is 0. The number of pyridine rings is 1. The molecule has 0 aliphatic heterocycles. The fourth-order valence-electron chi connectivity index (χ4n) is 3.14. The number of fused-ring (bicyclic) bond motifs is 1. The minimum atomic E-state index is 0.760. The molecule has 4 rings (SSSR count). The Kier molecular flexibility index (Phi) is 4.01. The maximum atomic E-state index is 4.87. The number of hydrogen-bond donors (Lipinski definition) is 1. The molecule has 0 saturated carbocycles. The molecule has 0 radical (unpaired) electrons. The number of nitrogens with zero attached hydrogens (tertiary/aromatic N) is 4. The lowest BCUT2D eigenvalue weighted by atomic mass is 10.1. The number of aryl methyl sites for hydroxylation is 2. The zero-order chi connectivity index (χ0) is 17.4. The summed E-state index contributed by atoms with van der Waals surface area (Å²) in [6, 6.07) is 14.3. The first-order chi connectivity index (χ1) is 12.1. The number of benzene rings is 1. The SMILES string of the molecule is Cc1nc2c(-c3ccccc3)c(C)nn2c(S)c1Cc1ccncc1. The van der Waals surface area contributed by atoms with Gasteiger partial charge in [0.2, 0.25) is 0 Å². The second kappa shape index (κ2) is 6.33. The van der Waals surface area contributed by atoms with Crippen LogP contribution in [0.2, 0.25) is 0 Å². The average Bonchev–Trinajstić information content (AvgIpc) is 2.96. The maximum absolute atomic E-state index is 4.87. The van der Waals surface area contributed by atoms with Gasteiger partial charge in [-0.2, -0.15) is 5.10 Å². The third kappa shape index (κ3) is 2.81. The van der Waals surface area contributed by atoms with Crippen LogP contribution >= 0.6 is 12.6 Å². The molecular formula is C20H18N4S. The van der Waals surface area contributed by atoms with Crippen molar-refractivity contribution >= 4 is 18.3 Å². The molecule has 0 bridgehead atoms. The molecule has 0 N–H and O–H groups in total. The Morgan fingerprint density at radius 2 is 1.68 bits per heavy atom. The highest BCUT2D eigenvalue weighted by molar-refractivity contribution is 7.80. The minimum Gasteiger partial charge on any atom is -0.265 e. The van der Waals surface area contributed by atoms with Crippen molar-refractivity contribution in [2.24, 2.45) is 0 Å². The highest BCUT2D eigenvalue weighted by Crippen LogP contribution is 2.30. The third-order valence-electron chi connectivity index (χ3n) is 4.41. The van der Waals surface area contributed by atoms with Crippen LogP contribution in [-0.4, -0.2) is 19.6 Å². The van der Waals surface area contributed by atoms with Gasteiger partial charge in [0.1, 0.15) is 5.03 Å². The van der Waals surface area contributed by atoms with Crippen LogP contribution in [0.1, 0.15) is 22.5 Å². The van der Waals surface area contributed by atoms with E-state index in [9.17, 15) is 0 Å². The molecule has 0 amide bonds. The lowest BCUT2D eigenvalue weighted by Gasteiger charge is -2.11. The summed E-state index contributed by atoms with van der Waals surface area (Å²) >= 11 is 4.78. The Labute approximate surface area is 152 Å². The van der Waals surface area contributed by atoms with Crippen molar-refractivity contribution in [2.75, 3.05) is 0 Å². The molecule has 3 aromatic heterocycles. The van der Waals surface area contributed by atoms with Gasteiger partial charge < -0.3 is 0 Å². The first-order valence-electron chi connectivity index (χ1n) is 8.17. The van der Waals surface area contributed by atoms with Crippen LogP contribution in [0.4, 0.5) is 0 Å². The van der Waals surface area contributed by atoms with Gasteiger partial charge in [0.05, 0.1) is 5.69 Å². The topological polar surface area (TPSA) is 43.1 Å². The Hall–Kier alpha value is -2.66. The predicted octanol–water partition coefficient (Wildman–Crippen LogP) is 4.29. The fraction of sp³-hybridized carbons (Fsp3) is 0.150. The van der Waals surface area contributed by atoms with Crippen molar-refractivity contribution in [1.82, 2.24) is 19.6 Å². The summed E-state index contributed by atoms with van der Waals surface area (Å²) < 4.78 is 1.85.